The Labute approximate surface area is 38.3 Å². The van der Waals surface area contributed by atoms with Crippen LogP contribution < -0.4 is 0 Å². The Morgan fingerprint density at radius 1 is 1.20 bits per heavy atom. The normalized spacial score (nSPS) is 11.8. The highest BCUT2D eigenvalue weighted by Crippen LogP contribution is 2.69. The molecule has 0 aliphatic rings. The molecule has 0 saturated heterocycles. The first-order valence-corrected chi connectivity index (χ1v) is 7.52. The molecule has 0 amide bonds. The van der Waals surface area contributed by atoms with Gasteiger partial charge in [0.05, 0.1) is 0 Å². The molecule has 0 radical (unpaired) electrons. The van der Waals surface area contributed by atoms with Gasteiger partial charge in [0, 0.05) is 0 Å². The second kappa shape index (κ2) is 1.99. The van der Waals surface area contributed by atoms with Gasteiger partial charge in [-0.25, -0.2) is 0 Å². The van der Waals surface area contributed by atoms with Crippen molar-refractivity contribution < 1.29 is 4.57 Å². The van der Waals surface area contributed by atoms with E-state index >= 15 is 0 Å². The molecule has 3 unspecified atom stereocenters. The van der Waals surface area contributed by atoms with Crippen LogP contribution in [0.2, 0.25) is 0 Å². The minimum absolute atomic E-state index is 1.89. The summed E-state index contributed by atoms with van der Waals surface area (Å²) in [6.07, 6.45) is -1.89. The summed E-state index contributed by atoms with van der Waals surface area (Å²) in [6, 6.07) is 0. The van der Waals surface area contributed by atoms with E-state index in [0.717, 1.165) is 0 Å². The second-order valence-electron chi connectivity index (χ2n) is 0.763. The fraction of sp³-hybridized carbons (Fsp3) is 0. The highest BCUT2D eigenvalue weighted by molar-refractivity contribution is 8.68. The molecule has 0 aliphatic carbocycles. The van der Waals surface area contributed by atoms with Crippen molar-refractivity contribution in [2.45, 2.75) is 0 Å². The Morgan fingerprint density at radius 2 is 1.20 bits per heavy atom. The van der Waals surface area contributed by atoms with Gasteiger partial charge in [0.1, 0.15) is 6.21 Å². The first-order valence-electron chi connectivity index (χ1n) is 0.957. The topological polar surface area (TPSA) is 17.1 Å². The number of hydrogen-bond donors (Lipinski definition) is 0. The van der Waals surface area contributed by atoms with Crippen LogP contribution in [0.1, 0.15) is 0 Å². The van der Waals surface area contributed by atoms with Crippen LogP contribution in [0, 0.1) is 0 Å². The molecule has 0 aromatic heterocycles. The van der Waals surface area contributed by atoms with Crippen molar-refractivity contribution in [3.63, 3.8) is 0 Å². The maximum absolute atomic E-state index is 10.1. The van der Waals surface area contributed by atoms with Gasteiger partial charge in [0.15, 0.2) is 0 Å². The average molecular weight is 146 g/mol. The van der Waals surface area contributed by atoms with E-state index in [4.69, 9.17) is 0 Å². The summed E-state index contributed by atoms with van der Waals surface area (Å²) in [4.78, 5) is 0. The second-order valence-corrected chi connectivity index (χ2v) is 14.9. The molecule has 0 rings (SSSR count). The van der Waals surface area contributed by atoms with Gasteiger partial charge in [-0.1, -0.05) is 26.8 Å². The monoisotopic (exact) mass is 146 g/mol. The summed E-state index contributed by atoms with van der Waals surface area (Å²) in [5.74, 6) is 0. The standard InChI is InChI=1S/H6OP4/c1-5(2,3)4/h2-4H2. The minimum atomic E-state index is -1.89. The molecule has 0 heterocycles. The lowest BCUT2D eigenvalue weighted by atomic mass is 16.0. The van der Waals surface area contributed by atoms with Crippen LogP contribution in [0.4, 0.5) is 0 Å². The fourth-order valence-electron chi connectivity index (χ4n) is 0. The van der Waals surface area contributed by atoms with Crippen LogP contribution in [0.3, 0.4) is 0 Å². The van der Waals surface area contributed by atoms with Gasteiger partial charge in [0.25, 0.3) is 0 Å². The molecule has 0 saturated carbocycles. The summed E-state index contributed by atoms with van der Waals surface area (Å²) in [5, 5.41) is 0. The van der Waals surface area contributed by atoms with Crippen molar-refractivity contribution in [3.05, 3.63) is 0 Å². The third kappa shape index (κ3) is 29.6. The van der Waals surface area contributed by atoms with Crippen LogP contribution in [0.15, 0.2) is 0 Å². The molecular weight excluding hydrogens is 140 g/mol. The Kier molecular flexibility index (Phi) is 2.60. The van der Waals surface area contributed by atoms with Crippen LogP contribution in [0.25, 0.3) is 0 Å². The van der Waals surface area contributed by atoms with Gasteiger partial charge < -0.3 is 4.57 Å². The average Bonchev–Trinajstić information content (AvgIpc) is 0.722. The zero-order valence-electron chi connectivity index (χ0n) is 2.59. The summed E-state index contributed by atoms with van der Waals surface area (Å²) in [6.45, 7) is 0. The summed E-state index contributed by atoms with van der Waals surface area (Å²) in [5.41, 5.74) is 0. The Bertz CT molecular complexity index is 49.8. The Balaban J connectivity index is 3.47. The van der Waals surface area contributed by atoms with Gasteiger partial charge in [-0.15, -0.1) is 0 Å². The lowest BCUT2D eigenvalue weighted by molar-refractivity contribution is 0.601. The third-order valence-corrected chi connectivity index (χ3v) is 0. The summed E-state index contributed by atoms with van der Waals surface area (Å²) < 4.78 is 10.1. The molecule has 32 valence electrons. The summed E-state index contributed by atoms with van der Waals surface area (Å²) >= 11 is 0. The SMILES string of the molecule is O=P(P)(P)P. The highest BCUT2D eigenvalue weighted by atomic mass is 32.7. The first-order chi connectivity index (χ1) is 2.00. The van der Waals surface area contributed by atoms with E-state index in [-0.39, 0.29) is 0 Å². The molecule has 0 aromatic rings. The Morgan fingerprint density at radius 3 is 1.20 bits per heavy atom. The van der Waals surface area contributed by atoms with Crippen molar-refractivity contribution in [3.8, 4) is 0 Å². The number of rotatable bonds is 0. The lowest BCUT2D eigenvalue weighted by Gasteiger charge is -1.86. The predicted molar refractivity (Wildman–Crippen MR) is 36.7 cm³/mol. The lowest BCUT2D eigenvalue weighted by Crippen LogP contribution is -1.13. The largest absolute Gasteiger partial charge is 0.311 e. The maximum Gasteiger partial charge on any atom is 0.128 e. The first kappa shape index (κ1) is 6.52. The van der Waals surface area contributed by atoms with Crippen LogP contribution in [0.5, 0.6) is 0 Å². The molecule has 0 aliphatic heterocycles. The van der Waals surface area contributed by atoms with E-state index in [0.29, 0.717) is 0 Å². The summed E-state index contributed by atoms with van der Waals surface area (Å²) in [7, 11) is 6.59. The van der Waals surface area contributed by atoms with Crippen molar-refractivity contribution in [2.24, 2.45) is 0 Å². The molecule has 1 nitrogen and oxygen atoms in total. The van der Waals surface area contributed by atoms with Crippen LogP contribution in [-0.2, 0) is 4.57 Å². The molecule has 0 bridgehead atoms. The molecule has 0 fully saturated rings. The van der Waals surface area contributed by atoms with E-state index in [9.17, 15) is 4.57 Å². The van der Waals surface area contributed by atoms with Crippen molar-refractivity contribution in [1.82, 2.24) is 0 Å². The van der Waals surface area contributed by atoms with E-state index in [1.807, 2.05) is 0 Å². The van der Waals surface area contributed by atoms with E-state index in [1.165, 1.54) is 0 Å². The fourth-order valence-corrected chi connectivity index (χ4v) is 0. The van der Waals surface area contributed by atoms with Crippen LogP contribution in [-0.4, -0.2) is 0 Å². The molecule has 5 heteroatoms. The van der Waals surface area contributed by atoms with Crippen molar-refractivity contribution in [1.29, 1.82) is 0 Å². The Hall–Kier alpha value is 1.52. The molecule has 3 atom stereocenters. The van der Waals surface area contributed by atoms with Gasteiger partial charge in [-0.05, 0) is 0 Å². The minimum Gasteiger partial charge on any atom is -0.311 e. The van der Waals surface area contributed by atoms with Gasteiger partial charge in [-0.3, -0.25) is 0 Å². The molecule has 0 aromatic carbocycles. The predicted octanol–water partition coefficient (Wildman–Crippen LogP) is 1.72. The van der Waals surface area contributed by atoms with Gasteiger partial charge in [-0.2, -0.15) is 0 Å². The van der Waals surface area contributed by atoms with Crippen molar-refractivity contribution in [2.75, 3.05) is 0 Å². The van der Waals surface area contributed by atoms with Gasteiger partial charge >= 0.3 is 0 Å². The molecule has 0 N–H and O–H groups in total. The van der Waals surface area contributed by atoms with E-state index < -0.39 is 6.21 Å². The molecular formula is H6OP4. The third-order valence-electron chi connectivity index (χ3n) is 0. The maximum atomic E-state index is 10.1. The van der Waals surface area contributed by atoms with E-state index in [2.05, 4.69) is 26.8 Å². The zero-order valence-corrected chi connectivity index (χ0v) is 6.95. The van der Waals surface area contributed by atoms with Crippen molar-refractivity contribution >= 4 is 33.0 Å². The zero-order chi connectivity index (χ0) is 4.50. The quantitative estimate of drug-likeness (QED) is 0.475. The molecule has 5 heavy (non-hydrogen) atoms. The van der Waals surface area contributed by atoms with E-state index in [1.54, 1.807) is 0 Å². The van der Waals surface area contributed by atoms with Crippen LogP contribution >= 0.6 is 33.0 Å². The van der Waals surface area contributed by atoms with Gasteiger partial charge in [0.2, 0.25) is 0 Å². The molecule has 0 spiro atoms. The number of hydrogen-bond acceptors (Lipinski definition) is 1. The smallest absolute Gasteiger partial charge is 0.128 e. The highest BCUT2D eigenvalue weighted by Gasteiger charge is 1.89.